The van der Waals surface area contributed by atoms with E-state index >= 15 is 0 Å². The van der Waals surface area contributed by atoms with Crippen LogP contribution in [0.4, 0.5) is 0 Å². The predicted octanol–water partition coefficient (Wildman–Crippen LogP) is 3.57. The van der Waals surface area contributed by atoms with Gasteiger partial charge in [-0.3, -0.25) is 4.79 Å². The lowest BCUT2D eigenvalue weighted by Gasteiger charge is -2.23. The van der Waals surface area contributed by atoms with Gasteiger partial charge in [-0.1, -0.05) is 61.9 Å². The van der Waals surface area contributed by atoms with E-state index in [1.165, 1.54) is 0 Å². The second-order valence-corrected chi connectivity index (χ2v) is 8.97. The molecular weight excluding hydrogens is 360 g/mol. The SMILES string of the molecule is Cc1ccc(S(=O)(=O)N[C@@H](CC(C)C)C(=O)NC(C)c2ccccc2)cc1. The molecule has 0 aromatic heterocycles. The fourth-order valence-corrected chi connectivity index (χ4v) is 4.00. The van der Waals surface area contributed by atoms with Crippen LogP contribution in [0.5, 0.6) is 0 Å². The Kier molecular flexibility index (Phi) is 7.16. The van der Waals surface area contributed by atoms with E-state index in [1.54, 1.807) is 24.3 Å². The molecule has 2 atom stereocenters. The van der Waals surface area contributed by atoms with Crippen LogP contribution in [0.1, 0.15) is 44.4 Å². The van der Waals surface area contributed by atoms with Crippen molar-refractivity contribution in [2.45, 2.75) is 51.1 Å². The molecule has 0 aliphatic rings. The molecule has 0 heterocycles. The highest BCUT2D eigenvalue weighted by atomic mass is 32.2. The van der Waals surface area contributed by atoms with Gasteiger partial charge in [-0.25, -0.2) is 8.42 Å². The third-order valence-corrected chi connectivity index (χ3v) is 5.80. The van der Waals surface area contributed by atoms with Gasteiger partial charge in [-0.05, 0) is 43.9 Å². The smallest absolute Gasteiger partial charge is 0.241 e. The van der Waals surface area contributed by atoms with Gasteiger partial charge in [0.15, 0.2) is 0 Å². The van der Waals surface area contributed by atoms with Crippen molar-refractivity contribution in [2.75, 3.05) is 0 Å². The number of hydrogen-bond acceptors (Lipinski definition) is 3. The number of benzene rings is 2. The fraction of sp³-hybridized carbons (Fsp3) is 0.381. The number of carbonyl (C=O) groups is 1. The van der Waals surface area contributed by atoms with Gasteiger partial charge in [0.2, 0.25) is 15.9 Å². The van der Waals surface area contributed by atoms with Crippen LogP contribution in [-0.2, 0) is 14.8 Å². The molecule has 1 amide bonds. The Bertz CT molecular complexity index is 847. The van der Waals surface area contributed by atoms with E-state index in [0.29, 0.717) is 6.42 Å². The summed E-state index contributed by atoms with van der Waals surface area (Å²) in [7, 11) is -3.78. The summed E-state index contributed by atoms with van der Waals surface area (Å²) in [6.45, 7) is 7.69. The van der Waals surface area contributed by atoms with E-state index in [9.17, 15) is 13.2 Å². The molecule has 27 heavy (non-hydrogen) atoms. The summed E-state index contributed by atoms with van der Waals surface area (Å²) in [5, 5.41) is 2.92. The summed E-state index contributed by atoms with van der Waals surface area (Å²) in [6, 6.07) is 15.1. The number of carbonyl (C=O) groups excluding carboxylic acids is 1. The number of sulfonamides is 1. The number of nitrogens with one attached hydrogen (secondary N) is 2. The zero-order valence-corrected chi connectivity index (χ0v) is 17.1. The van der Waals surface area contributed by atoms with Gasteiger partial charge >= 0.3 is 0 Å². The zero-order chi connectivity index (χ0) is 20.0. The standard InChI is InChI=1S/C21H28N2O3S/c1-15(2)14-20(21(24)22-17(4)18-8-6-5-7-9-18)23-27(25,26)19-12-10-16(3)11-13-19/h5-13,15,17,20,23H,14H2,1-4H3,(H,22,24)/t17?,20-/m0/s1. The minimum atomic E-state index is -3.78. The van der Waals surface area contributed by atoms with Gasteiger partial charge < -0.3 is 5.32 Å². The summed E-state index contributed by atoms with van der Waals surface area (Å²) < 4.78 is 28.0. The van der Waals surface area contributed by atoms with Gasteiger partial charge in [-0.15, -0.1) is 0 Å². The molecule has 5 nitrogen and oxygen atoms in total. The monoisotopic (exact) mass is 388 g/mol. The van der Waals surface area contributed by atoms with E-state index < -0.39 is 16.1 Å². The molecule has 0 saturated heterocycles. The Morgan fingerprint density at radius 1 is 0.963 bits per heavy atom. The van der Waals surface area contributed by atoms with E-state index in [1.807, 2.05) is 58.0 Å². The summed E-state index contributed by atoms with van der Waals surface area (Å²) >= 11 is 0. The minimum Gasteiger partial charge on any atom is -0.348 e. The maximum Gasteiger partial charge on any atom is 0.241 e. The highest BCUT2D eigenvalue weighted by molar-refractivity contribution is 7.89. The average molecular weight is 389 g/mol. The zero-order valence-electron chi connectivity index (χ0n) is 16.3. The summed E-state index contributed by atoms with van der Waals surface area (Å²) in [6.07, 6.45) is 0.415. The number of hydrogen-bond donors (Lipinski definition) is 2. The maximum atomic E-state index is 12.8. The molecule has 1 unspecified atom stereocenters. The molecule has 0 bridgehead atoms. The Balaban J connectivity index is 2.16. The van der Waals surface area contributed by atoms with E-state index in [0.717, 1.165) is 11.1 Å². The molecule has 0 aliphatic carbocycles. The Labute approximate surface area is 162 Å². The predicted molar refractivity (Wildman–Crippen MR) is 108 cm³/mol. The van der Waals surface area contributed by atoms with Crippen molar-refractivity contribution in [2.24, 2.45) is 5.92 Å². The Morgan fingerprint density at radius 3 is 2.11 bits per heavy atom. The van der Waals surface area contributed by atoms with Crippen molar-refractivity contribution in [3.05, 3.63) is 65.7 Å². The van der Waals surface area contributed by atoms with Crippen molar-refractivity contribution in [1.82, 2.24) is 10.0 Å². The first kappa shape index (κ1) is 21.1. The average Bonchev–Trinajstić information content (AvgIpc) is 2.61. The van der Waals surface area contributed by atoms with Gasteiger partial charge in [0.1, 0.15) is 6.04 Å². The molecule has 2 aromatic carbocycles. The van der Waals surface area contributed by atoms with Crippen LogP contribution in [0, 0.1) is 12.8 Å². The Morgan fingerprint density at radius 2 is 1.56 bits per heavy atom. The number of rotatable bonds is 8. The first-order valence-electron chi connectivity index (χ1n) is 9.13. The quantitative estimate of drug-likeness (QED) is 0.726. The number of aryl methyl sites for hydroxylation is 1. The molecule has 6 heteroatoms. The van der Waals surface area contributed by atoms with E-state index in [2.05, 4.69) is 10.0 Å². The fourth-order valence-electron chi connectivity index (χ4n) is 2.79. The largest absolute Gasteiger partial charge is 0.348 e. The lowest BCUT2D eigenvalue weighted by molar-refractivity contribution is -0.123. The van der Waals surface area contributed by atoms with Crippen LogP contribution in [0.15, 0.2) is 59.5 Å². The Hall–Kier alpha value is -2.18. The molecule has 0 saturated carbocycles. The van der Waals surface area contributed by atoms with Gasteiger partial charge in [0.25, 0.3) is 0 Å². The molecule has 2 aromatic rings. The number of amides is 1. The lowest BCUT2D eigenvalue weighted by Crippen LogP contribution is -2.47. The van der Waals surface area contributed by atoms with Gasteiger partial charge in [0.05, 0.1) is 10.9 Å². The van der Waals surface area contributed by atoms with Crippen molar-refractivity contribution in [1.29, 1.82) is 0 Å². The highest BCUT2D eigenvalue weighted by Crippen LogP contribution is 2.16. The maximum absolute atomic E-state index is 12.8. The summed E-state index contributed by atoms with van der Waals surface area (Å²) in [5.41, 5.74) is 1.94. The highest BCUT2D eigenvalue weighted by Gasteiger charge is 2.27. The van der Waals surface area contributed by atoms with Gasteiger partial charge in [-0.2, -0.15) is 4.72 Å². The normalized spacial score (nSPS) is 14.0. The summed E-state index contributed by atoms with van der Waals surface area (Å²) in [4.78, 5) is 12.9. The second-order valence-electron chi connectivity index (χ2n) is 7.26. The third-order valence-electron chi connectivity index (χ3n) is 4.31. The second kappa shape index (κ2) is 9.15. The van der Waals surface area contributed by atoms with Crippen LogP contribution in [-0.4, -0.2) is 20.4 Å². The molecule has 2 rings (SSSR count). The summed E-state index contributed by atoms with van der Waals surface area (Å²) in [5.74, 6) is -0.163. The van der Waals surface area contributed by atoms with Crippen LogP contribution in [0.3, 0.4) is 0 Å². The third kappa shape index (κ3) is 6.19. The lowest BCUT2D eigenvalue weighted by atomic mass is 10.0. The molecule has 0 spiro atoms. The van der Waals surface area contributed by atoms with Crippen LogP contribution < -0.4 is 10.0 Å². The van der Waals surface area contributed by atoms with Crippen molar-refractivity contribution < 1.29 is 13.2 Å². The molecule has 0 aliphatic heterocycles. The van der Waals surface area contributed by atoms with Crippen molar-refractivity contribution >= 4 is 15.9 Å². The molecule has 2 N–H and O–H groups in total. The molecule has 146 valence electrons. The van der Waals surface area contributed by atoms with Crippen LogP contribution >= 0.6 is 0 Å². The molecule has 0 fully saturated rings. The molecular formula is C21H28N2O3S. The van der Waals surface area contributed by atoms with Crippen molar-refractivity contribution in [3.63, 3.8) is 0 Å². The first-order chi connectivity index (χ1) is 12.7. The first-order valence-corrected chi connectivity index (χ1v) is 10.6. The minimum absolute atomic E-state index is 0.158. The van der Waals surface area contributed by atoms with Crippen LogP contribution in [0.25, 0.3) is 0 Å². The van der Waals surface area contributed by atoms with Gasteiger partial charge in [0, 0.05) is 0 Å². The topological polar surface area (TPSA) is 75.3 Å². The van der Waals surface area contributed by atoms with Crippen LogP contribution in [0.2, 0.25) is 0 Å². The van der Waals surface area contributed by atoms with E-state index in [-0.39, 0.29) is 22.8 Å². The van der Waals surface area contributed by atoms with E-state index in [4.69, 9.17) is 0 Å². The molecule has 0 radical (unpaired) electrons. The van der Waals surface area contributed by atoms with Crippen molar-refractivity contribution in [3.8, 4) is 0 Å².